The summed E-state index contributed by atoms with van der Waals surface area (Å²) in [6.45, 7) is 0. The van der Waals surface area contributed by atoms with Crippen molar-refractivity contribution < 1.29 is 9.18 Å². The normalized spacial score (nSPS) is 10.6. The fourth-order valence-electron chi connectivity index (χ4n) is 2.01. The first-order chi connectivity index (χ1) is 9.24. The molecule has 3 rings (SSSR count). The fraction of sp³-hybridized carbons (Fsp3) is 0. The summed E-state index contributed by atoms with van der Waals surface area (Å²) >= 11 is 0. The van der Waals surface area contributed by atoms with Crippen LogP contribution < -0.4 is 5.32 Å². The molecule has 3 aromatic rings. The summed E-state index contributed by atoms with van der Waals surface area (Å²) in [6, 6.07) is 13.5. The van der Waals surface area contributed by atoms with Gasteiger partial charge in [-0.15, -0.1) is 0 Å². The molecule has 94 valence electrons. The molecule has 1 aromatic heterocycles. The highest BCUT2D eigenvalue weighted by Gasteiger charge is 2.12. The summed E-state index contributed by atoms with van der Waals surface area (Å²) in [6.07, 6.45) is 1.59. The van der Waals surface area contributed by atoms with E-state index in [2.05, 4.69) is 10.3 Å². The van der Waals surface area contributed by atoms with Crippen LogP contribution in [0.2, 0.25) is 0 Å². The third kappa shape index (κ3) is 2.20. The van der Waals surface area contributed by atoms with E-state index < -0.39 is 0 Å². The van der Waals surface area contributed by atoms with Crippen molar-refractivity contribution in [1.29, 1.82) is 0 Å². The maximum Gasteiger partial charge on any atom is 0.257 e. The molecule has 19 heavy (non-hydrogen) atoms. The van der Waals surface area contributed by atoms with Gasteiger partial charge in [0.15, 0.2) is 0 Å². The number of hydrogen-bond acceptors (Lipinski definition) is 1. The van der Waals surface area contributed by atoms with E-state index in [4.69, 9.17) is 0 Å². The van der Waals surface area contributed by atoms with Gasteiger partial charge in [0.05, 0.1) is 5.56 Å². The summed E-state index contributed by atoms with van der Waals surface area (Å²) in [5.41, 5.74) is 1.83. The van der Waals surface area contributed by atoms with Gasteiger partial charge in [0.1, 0.15) is 5.82 Å². The van der Waals surface area contributed by atoms with Crippen molar-refractivity contribution >= 4 is 22.5 Å². The second-order valence-electron chi connectivity index (χ2n) is 4.21. The predicted molar refractivity (Wildman–Crippen MR) is 72.7 cm³/mol. The number of carbonyl (C=O) groups is 1. The van der Waals surface area contributed by atoms with E-state index in [9.17, 15) is 9.18 Å². The van der Waals surface area contributed by atoms with E-state index in [-0.39, 0.29) is 11.7 Å². The van der Waals surface area contributed by atoms with Crippen molar-refractivity contribution in [2.75, 3.05) is 5.32 Å². The summed E-state index contributed by atoms with van der Waals surface area (Å²) in [5.74, 6) is -0.548. The van der Waals surface area contributed by atoms with Crippen molar-refractivity contribution in [3.8, 4) is 0 Å². The number of halogens is 1. The molecular weight excluding hydrogens is 243 g/mol. The lowest BCUT2D eigenvalue weighted by Crippen LogP contribution is -2.11. The average Bonchev–Trinajstić information content (AvgIpc) is 2.82. The monoisotopic (exact) mass is 254 g/mol. The van der Waals surface area contributed by atoms with Crippen LogP contribution in [0.25, 0.3) is 10.9 Å². The van der Waals surface area contributed by atoms with Gasteiger partial charge in [0, 0.05) is 22.8 Å². The van der Waals surface area contributed by atoms with Gasteiger partial charge in [-0.2, -0.15) is 0 Å². The van der Waals surface area contributed by atoms with Gasteiger partial charge >= 0.3 is 0 Å². The van der Waals surface area contributed by atoms with Gasteiger partial charge in [-0.05, 0) is 30.3 Å². The van der Waals surface area contributed by atoms with Crippen molar-refractivity contribution in [3.63, 3.8) is 0 Å². The van der Waals surface area contributed by atoms with Crippen LogP contribution in [-0.4, -0.2) is 10.9 Å². The zero-order chi connectivity index (χ0) is 13.2. The Labute approximate surface area is 109 Å². The number of H-pyrrole nitrogens is 1. The molecule has 0 aliphatic heterocycles. The summed E-state index contributed by atoms with van der Waals surface area (Å²) in [7, 11) is 0. The Morgan fingerprint density at radius 1 is 1.11 bits per heavy atom. The van der Waals surface area contributed by atoms with Crippen molar-refractivity contribution in [2.45, 2.75) is 0 Å². The van der Waals surface area contributed by atoms with E-state index in [1.807, 2.05) is 30.3 Å². The van der Waals surface area contributed by atoms with Crippen LogP contribution >= 0.6 is 0 Å². The lowest BCUT2D eigenvalue weighted by Gasteiger charge is -2.03. The number of hydrogen-bond donors (Lipinski definition) is 2. The second-order valence-corrected chi connectivity index (χ2v) is 4.21. The molecule has 0 atom stereocenters. The highest BCUT2D eigenvalue weighted by atomic mass is 19.1. The molecule has 3 nitrogen and oxygen atoms in total. The third-order valence-electron chi connectivity index (χ3n) is 2.92. The lowest BCUT2D eigenvalue weighted by molar-refractivity contribution is 0.102. The number of aromatic nitrogens is 1. The highest BCUT2D eigenvalue weighted by Crippen LogP contribution is 2.20. The van der Waals surface area contributed by atoms with E-state index in [0.29, 0.717) is 16.5 Å². The van der Waals surface area contributed by atoms with E-state index in [1.165, 1.54) is 12.1 Å². The maximum absolute atomic E-state index is 13.1. The smallest absolute Gasteiger partial charge is 0.257 e. The standard InChI is InChI=1S/C15H11FN2O/c16-10-6-7-12-13(9-17-14(12)8-10)15(19)18-11-4-2-1-3-5-11/h1-9,17H,(H,18,19). The molecule has 0 fully saturated rings. The van der Waals surface area contributed by atoms with Crippen LogP contribution in [0.5, 0.6) is 0 Å². The Hall–Kier alpha value is -2.62. The van der Waals surface area contributed by atoms with E-state index in [0.717, 1.165) is 5.69 Å². The van der Waals surface area contributed by atoms with E-state index in [1.54, 1.807) is 12.3 Å². The molecule has 0 saturated heterocycles. The zero-order valence-electron chi connectivity index (χ0n) is 9.98. The Morgan fingerprint density at radius 2 is 1.89 bits per heavy atom. The molecule has 0 aliphatic rings. The topological polar surface area (TPSA) is 44.9 Å². The molecule has 2 aromatic carbocycles. The van der Waals surface area contributed by atoms with Crippen LogP contribution in [0.3, 0.4) is 0 Å². The average molecular weight is 254 g/mol. The van der Waals surface area contributed by atoms with Crippen LogP contribution in [0.15, 0.2) is 54.7 Å². The van der Waals surface area contributed by atoms with Gasteiger partial charge in [-0.3, -0.25) is 4.79 Å². The maximum atomic E-state index is 13.1. The van der Waals surface area contributed by atoms with E-state index >= 15 is 0 Å². The predicted octanol–water partition coefficient (Wildman–Crippen LogP) is 3.56. The minimum atomic E-state index is -0.329. The summed E-state index contributed by atoms with van der Waals surface area (Å²) < 4.78 is 13.1. The zero-order valence-corrected chi connectivity index (χ0v) is 9.98. The third-order valence-corrected chi connectivity index (χ3v) is 2.92. The number of fused-ring (bicyclic) bond motifs is 1. The number of anilines is 1. The molecule has 1 heterocycles. The first-order valence-corrected chi connectivity index (χ1v) is 5.87. The molecule has 0 saturated carbocycles. The Morgan fingerprint density at radius 3 is 2.68 bits per heavy atom. The molecule has 2 N–H and O–H groups in total. The number of rotatable bonds is 2. The quantitative estimate of drug-likeness (QED) is 0.721. The number of para-hydroxylation sites is 1. The summed E-state index contributed by atoms with van der Waals surface area (Å²) in [4.78, 5) is 15.0. The lowest BCUT2D eigenvalue weighted by atomic mass is 10.1. The minimum absolute atomic E-state index is 0.218. The SMILES string of the molecule is O=C(Nc1ccccc1)c1c[nH]c2cc(F)ccc12. The van der Waals surface area contributed by atoms with Crippen molar-refractivity contribution in [1.82, 2.24) is 4.98 Å². The molecule has 0 aliphatic carbocycles. The Bertz CT molecular complexity index is 734. The van der Waals surface area contributed by atoms with Gasteiger partial charge in [0.25, 0.3) is 5.91 Å². The number of carbonyl (C=O) groups excluding carboxylic acids is 1. The molecule has 1 amide bonds. The Kier molecular flexibility index (Phi) is 2.76. The molecule has 4 heteroatoms. The molecule has 0 radical (unpaired) electrons. The van der Waals surface area contributed by atoms with Crippen LogP contribution in [0.4, 0.5) is 10.1 Å². The fourth-order valence-corrected chi connectivity index (χ4v) is 2.01. The second kappa shape index (κ2) is 4.57. The van der Waals surface area contributed by atoms with Gasteiger partial charge in [-0.1, -0.05) is 18.2 Å². The largest absolute Gasteiger partial charge is 0.360 e. The van der Waals surface area contributed by atoms with Crippen LogP contribution in [0, 0.1) is 5.82 Å². The van der Waals surface area contributed by atoms with Crippen molar-refractivity contribution in [2.24, 2.45) is 0 Å². The van der Waals surface area contributed by atoms with Crippen LogP contribution in [0.1, 0.15) is 10.4 Å². The van der Waals surface area contributed by atoms with Crippen LogP contribution in [-0.2, 0) is 0 Å². The van der Waals surface area contributed by atoms with Gasteiger partial charge in [0.2, 0.25) is 0 Å². The number of aromatic amines is 1. The summed E-state index contributed by atoms with van der Waals surface area (Å²) in [5, 5.41) is 3.50. The number of amides is 1. The first kappa shape index (κ1) is 11.5. The molecular formula is C15H11FN2O. The number of nitrogens with one attached hydrogen (secondary N) is 2. The number of benzene rings is 2. The van der Waals surface area contributed by atoms with Gasteiger partial charge < -0.3 is 10.3 Å². The molecule has 0 spiro atoms. The van der Waals surface area contributed by atoms with Gasteiger partial charge in [-0.25, -0.2) is 4.39 Å². The Balaban J connectivity index is 1.94. The highest BCUT2D eigenvalue weighted by molar-refractivity contribution is 6.12. The minimum Gasteiger partial charge on any atom is -0.360 e. The van der Waals surface area contributed by atoms with Crippen molar-refractivity contribution in [3.05, 3.63) is 66.1 Å². The molecule has 0 bridgehead atoms. The first-order valence-electron chi connectivity index (χ1n) is 5.87. The molecule has 0 unspecified atom stereocenters.